The van der Waals surface area contributed by atoms with Gasteiger partial charge < -0.3 is 24.8 Å². The fourth-order valence-corrected chi connectivity index (χ4v) is 7.01. The molecular weight excluding hydrogens is 615 g/mol. The Labute approximate surface area is 269 Å². The molecule has 5 rings (SSSR count). The van der Waals surface area contributed by atoms with Gasteiger partial charge in [-0.25, -0.2) is 4.79 Å². The van der Waals surface area contributed by atoms with Gasteiger partial charge in [-0.1, -0.05) is 30.0 Å². The van der Waals surface area contributed by atoms with Crippen molar-refractivity contribution in [3.8, 4) is 17.2 Å². The fourth-order valence-electron chi connectivity index (χ4n) is 4.84. The van der Waals surface area contributed by atoms with Crippen LogP contribution in [0.5, 0.6) is 11.5 Å². The van der Waals surface area contributed by atoms with Crippen molar-refractivity contribution in [2.45, 2.75) is 57.0 Å². The van der Waals surface area contributed by atoms with Crippen LogP contribution in [0.15, 0.2) is 59.8 Å². The summed E-state index contributed by atoms with van der Waals surface area (Å²) in [7, 11) is 0. The molecule has 2 aromatic heterocycles. The van der Waals surface area contributed by atoms with E-state index in [0.29, 0.717) is 39.7 Å². The molecule has 4 aromatic rings. The highest BCUT2D eigenvalue weighted by molar-refractivity contribution is 8.00. The zero-order chi connectivity index (χ0) is 31.8. The largest absolute Gasteiger partial charge is 0.494 e. The van der Waals surface area contributed by atoms with E-state index in [1.165, 1.54) is 23.1 Å². The first-order valence-electron chi connectivity index (χ1n) is 14.8. The SMILES string of the molecule is CCOC(=O)c1c(NC(=O)[C@H](C)Sc2nnc(CNC(=O)COc3ccccc3)n2-c2ccc(OCC)cc2)sc2c1CCC2. The summed E-state index contributed by atoms with van der Waals surface area (Å²) in [6.07, 6.45) is 2.66. The zero-order valence-corrected chi connectivity index (χ0v) is 27.0. The second-order valence-electron chi connectivity index (χ2n) is 10.1. The summed E-state index contributed by atoms with van der Waals surface area (Å²) in [5.41, 5.74) is 2.18. The van der Waals surface area contributed by atoms with Gasteiger partial charge in [0.2, 0.25) is 5.91 Å². The number of thioether (sulfide) groups is 1. The molecule has 0 fully saturated rings. The number of fused-ring (bicyclic) bond motifs is 1. The standard InChI is InChI=1S/C32H35N5O6S2/c1-4-41-23-16-14-21(15-17-23)37-26(18-33-27(38)19-43-22-10-7-6-8-11-22)35-36-32(37)44-20(3)29(39)34-30-28(31(40)42-5-2)24-12-9-13-25(24)45-30/h6-8,10-11,14-17,20H,4-5,9,12-13,18-19H2,1-3H3,(H,33,38)(H,34,39)/t20-/m0/s1. The highest BCUT2D eigenvalue weighted by Crippen LogP contribution is 2.40. The summed E-state index contributed by atoms with van der Waals surface area (Å²) in [5.74, 6) is 0.772. The van der Waals surface area contributed by atoms with Crippen LogP contribution in [0.2, 0.25) is 0 Å². The molecule has 2 N–H and O–H groups in total. The number of esters is 1. The van der Waals surface area contributed by atoms with Crippen molar-refractivity contribution in [2.24, 2.45) is 0 Å². The third-order valence-corrected chi connectivity index (χ3v) is 9.20. The maximum Gasteiger partial charge on any atom is 0.341 e. The molecule has 2 amide bonds. The number of thiophene rings is 1. The molecule has 0 bridgehead atoms. The molecule has 1 aliphatic carbocycles. The second kappa shape index (κ2) is 15.1. The summed E-state index contributed by atoms with van der Waals surface area (Å²) in [5, 5.41) is 14.9. The van der Waals surface area contributed by atoms with Gasteiger partial charge in [-0.2, -0.15) is 0 Å². The number of amides is 2. The first kappa shape index (κ1) is 32.0. The number of aryl methyl sites for hydroxylation is 1. The van der Waals surface area contributed by atoms with Gasteiger partial charge in [-0.3, -0.25) is 14.2 Å². The quantitative estimate of drug-likeness (QED) is 0.140. The predicted molar refractivity (Wildman–Crippen MR) is 173 cm³/mol. The highest BCUT2D eigenvalue weighted by atomic mass is 32.2. The van der Waals surface area contributed by atoms with Gasteiger partial charge in [-0.15, -0.1) is 21.5 Å². The molecule has 1 atom stereocenters. The van der Waals surface area contributed by atoms with E-state index in [1.54, 1.807) is 30.5 Å². The molecule has 45 heavy (non-hydrogen) atoms. The third kappa shape index (κ3) is 7.84. The average Bonchev–Trinajstić information content (AvgIpc) is 3.75. The van der Waals surface area contributed by atoms with E-state index in [0.717, 1.165) is 35.4 Å². The molecule has 0 saturated carbocycles. The molecule has 2 heterocycles. The molecule has 1 aliphatic rings. The second-order valence-corrected chi connectivity index (χ2v) is 12.5. The number of carbonyl (C=O) groups is 3. The normalized spacial score (nSPS) is 12.7. The third-order valence-electron chi connectivity index (χ3n) is 6.95. The lowest BCUT2D eigenvalue weighted by atomic mass is 10.1. The van der Waals surface area contributed by atoms with E-state index in [4.69, 9.17) is 14.2 Å². The number of nitrogens with one attached hydrogen (secondary N) is 2. The predicted octanol–water partition coefficient (Wildman–Crippen LogP) is 5.21. The minimum absolute atomic E-state index is 0.0853. The number of para-hydroxylation sites is 1. The first-order valence-corrected chi connectivity index (χ1v) is 16.5. The molecule has 236 valence electrons. The summed E-state index contributed by atoms with van der Waals surface area (Å²) >= 11 is 2.66. The number of nitrogens with zero attached hydrogens (tertiary/aromatic N) is 3. The number of benzene rings is 2. The van der Waals surface area contributed by atoms with Crippen molar-refractivity contribution in [2.75, 3.05) is 25.1 Å². The smallest absolute Gasteiger partial charge is 0.341 e. The van der Waals surface area contributed by atoms with Crippen molar-refractivity contribution in [3.63, 3.8) is 0 Å². The van der Waals surface area contributed by atoms with Crippen molar-refractivity contribution in [1.82, 2.24) is 20.1 Å². The Morgan fingerprint density at radius 1 is 0.978 bits per heavy atom. The fraction of sp³-hybridized carbons (Fsp3) is 0.344. The van der Waals surface area contributed by atoms with Gasteiger partial charge in [0.05, 0.1) is 30.6 Å². The van der Waals surface area contributed by atoms with Crippen LogP contribution < -0.4 is 20.1 Å². The summed E-state index contributed by atoms with van der Waals surface area (Å²) in [4.78, 5) is 39.9. The number of hydrogen-bond donors (Lipinski definition) is 2. The van der Waals surface area contributed by atoms with Crippen molar-refractivity contribution >= 4 is 45.9 Å². The topological polar surface area (TPSA) is 134 Å². The number of aromatic nitrogens is 3. The van der Waals surface area contributed by atoms with Gasteiger partial charge in [0.15, 0.2) is 17.6 Å². The lowest BCUT2D eigenvalue weighted by Gasteiger charge is -2.15. The van der Waals surface area contributed by atoms with Crippen LogP contribution in [0.25, 0.3) is 5.69 Å². The molecule has 0 aliphatic heterocycles. The van der Waals surface area contributed by atoms with Gasteiger partial charge in [0, 0.05) is 10.6 Å². The van der Waals surface area contributed by atoms with Crippen LogP contribution in [0, 0.1) is 0 Å². The van der Waals surface area contributed by atoms with Crippen molar-refractivity contribution in [3.05, 3.63) is 76.4 Å². The average molecular weight is 650 g/mol. The van der Waals surface area contributed by atoms with Gasteiger partial charge >= 0.3 is 5.97 Å². The van der Waals surface area contributed by atoms with E-state index < -0.39 is 11.2 Å². The number of hydrogen-bond acceptors (Lipinski definition) is 10. The van der Waals surface area contributed by atoms with Crippen LogP contribution in [-0.2, 0) is 33.7 Å². The Hall–Kier alpha value is -4.36. The Bertz CT molecular complexity index is 1640. The molecular formula is C32H35N5O6S2. The molecule has 0 unspecified atom stereocenters. The lowest BCUT2D eigenvalue weighted by Crippen LogP contribution is -2.29. The van der Waals surface area contributed by atoms with Crippen LogP contribution in [0.3, 0.4) is 0 Å². The van der Waals surface area contributed by atoms with Crippen LogP contribution in [0.4, 0.5) is 5.00 Å². The monoisotopic (exact) mass is 649 g/mol. The maximum absolute atomic E-state index is 13.4. The van der Waals surface area contributed by atoms with E-state index in [-0.39, 0.29) is 31.6 Å². The Kier molecular flexibility index (Phi) is 10.7. The van der Waals surface area contributed by atoms with Crippen LogP contribution in [0.1, 0.15) is 53.8 Å². The first-order chi connectivity index (χ1) is 21.9. The molecule has 13 heteroatoms. The summed E-state index contributed by atoms with van der Waals surface area (Å²) in [6, 6.07) is 16.5. The van der Waals surface area contributed by atoms with Gasteiger partial charge in [0.25, 0.3) is 5.91 Å². The van der Waals surface area contributed by atoms with Crippen LogP contribution in [-0.4, -0.2) is 57.6 Å². The van der Waals surface area contributed by atoms with E-state index in [1.807, 2.05) is 49.4 Å². The van der Waals surface area contributed by atoms with Gasteiger partial charge in [-0.05, 0) is 82.0 Å². The summed E-state index contributed by atoms with van der Waals surface area (Å²) < 4.78 is 18.2. The Morgan fingerprint density at radius 2 is 1.73 bits per heavy atom. The molecule has 0 radical (unpaired) electrons. The van der Waals surface area contributed by atoms with E-state index in [2.05, 4.69) is 20.8 Å². The molecule has 2 aromatic carbocycles. The van der Waals surface area contributed by atoms with E-state index >= 15 is 0 Å². The number of carbonyl (C=O) groups excluding carboxylic acids is 3. The maximum atomic E-state index is 13.4. The molecule has 11 nitrogen and oxygen atoms in total. The summed E-state index contributed by atoms with van der Waals surface area (Å²) in [6.45, 7) is 6.17. The number of anilines is 1. The lowest BCUT2D eigenvalue weighted by molar-refractivity contribution is -0.123. The molecule has 0 saturated heterocycles. The Balaban J connectivity index is 1.32. The van der Waals surface area contributed by atoms with Crippen molar-refractivity contribution in [1.29, 1.82) is 0 Å². The molecule has 0 spiro atoms. The zero-order valence-electron chi connectivity index (χ0n) is 25.3. The van der Waals surface area contributed by atoms with Crippen molar-refractivity contribution < 1.29 is 28.6 Å². The minimum atomic E-state index is -0.593. The van der Waals surface area contributed by atoms with Gasteiger partial charge in [0.1, 0.15) is 16.5 Å². The van der Waals surface area contributed by atoms with Crippen LogP contribution >= 0.6 is 23.1 Å². The highest BCUT2D eigenvalue weighted by Gasteiger charge is 2.30. The number of rotatable bonds is 14. The van der Waals surface area contributed by atoms with E-state index in [9.17, 15) is 14.4 Å². The Morgan fingerprint density at radius 3 is 2.47 bits per heavy atom. The number of ether oxygens (including phenoxy) is 3. The minimum Gasteiger partial charge on any atom is -0.494 e.